The number of ether oxygens (including phenoxy) is 1. The Bertz CT molecular complexity index is 721. The Labute approximate surface area is 149 Å². The van der Waals surface area contributed by atoms with Gasteiger partial charge in [-0.25, -0.2) is 4.79 Å². The van der Waals surface area contributed by atoms with Crippen LogP contribution in [0.25, 0.3) is 0 Å². The number of anilines is 1. The molecule has 0 aliphatic heterocycles. The molecule has 0 radical (unpaired) electrons. The number of methoxy groups -OCH3 is 1. The van der Waals surface area contributed by atoms with E-state index in [4.69, 9.17) is 4.74 Å². The first-order valence-electron chi connectivity index (χ1n) is 7.87. The van der Waals surface area contributed by atoms with Gasteiger partial charge in [-0.2, -0.15) is 0 Å². The Balaban J connectivity index is 1.75. The fraction of sp³-hybridized carbons (Fsp3) is 0.333. The molecule has 2 aromatic rings. The molecule has 1 amide bonds. The second-order valence-corrected chi connectivity index (χ2v) is 8.27. The number of carbonyl (C=O) groups is 2. The average Bonchev–Trinajstić information content (AvgIpc) is 3.25. The van der Waals surface area contributed by atoms with Crippen LogP contribution in [-0.4, -0.2) is 23.7 Å². The Kier molecular flexibility index (Phi) is 5.26. The topological polar surface area (TPSA) is 55.4 Å². The lowest BCUT2D eigenvalue weighted by molar-refractivity contribution is -0.118. The van der Waals surface area contributed by atoms with Crippen molar-refractivity contribution in [2.24, 2.45) is 0 Å². The zero-order valence-electron chi connectivity index (χ0n) is 13.4. The summed E-state index contributed by atoms with van der Waals surface area (Å²) in [5.74, 6) is -0.359. The minimum Gasteiger partial charge on any atom is -0.465 e. The Morgan fingerprint density at radius 1 is 1.12 bits per heavy atom. The third-order valence-electron chi connectivity index (χ3n) is 4.11. The van der Waals surface area contributed by atoms with Gasteiger partial charge >= 0.3 is 5.97 Å². The first-order chi connectivity index (χ1) is 11.6. The van der Waals surface area contributed by atoms with E-state index in [2.05, 4.69) is 5.32 Å². The Hall–Kier alpha value is -1.79. The maximum atomic E-state index is 12.9. The number of esters is 1. The Morgan fingerprint density at radius 3 is 2.50 bits per heavy atom. The smallest absolute Gasteiger partial charge is 0.348 e. The number of thioether (sulfide) groups is 1. The van der Waals surface area contributed by atoms with E-state index in [1.807, 2.05) is 30.3 Å². The van der Waals surface area contributed by atoms with Crippen molar-refractivity contribution in [2.45, 2.75) is 35.3 Å². The van der Waals surface area contributed by atoms with Gasteiger partial charge in [0.15, 0.2) is 0 Å². The molecule has 0 spiro atoms. The van der Waals surface area contributed by atoms with Crippen molar-refractivity contribution in [3.05, 3.63) is 47.3 Å². The number of hydrogen-bond acceptors (Lipinski definition) is 5. The molecule has 3 rings (SSSR count). The molecule has 126 valence electrons. The van der Waals surface area contributed by atoms with E-state index in [1.165, 1.54) is 18.4 Å². The van der Waals surface area contributed by atoms with Crippen LogP contribution in [0.4, 0.5) is 5.00 Å². The van der Waals surface area contributed by atoms with E-state index >= 15 is 0 Å². The van der Waals surface area contributed by atoms with Crippen LogP contribution in [-0.2, 0) is 9.53 Å². The van der Waals surface area contributed by atoms with Crippen LogP contribution in [0.2, 0.25) is 0 Å². The van der Waals surface area contributed by atoms with E-state index in [1.54, 1.807) is 23.9 Å². The van der Waals surface area contributed by atoms with Gasteiger partial charge in [0.1, 0.15) is 4.88 Å². The molecule has 1 aromatic heterocycles. The van der Waals surface area contributed by atoms with Gasteiger partial charge in [-0.3, -0.25) is 4.79 Å². The maximum Gasteiger partial charge on any atom is 0.348 e. The first kappa shape index (κ1) is 17.0. The molecule has 1 aliphatic rings. The lowest BCUT2D eigenvalue weighted by Crippen LogP contribution is -2.37. The zero-order chi connectivity index (χ0) is 17.0. The number of thiophene rings is 1. The summed E-state index contributed by atoms with van der Waals surface area (Å²) in [5, 5.41) is 3.68. The highest BCUT2D eigenvalue weighted by molar-refractivity contribution is 8.01. The fourth-order valence-electron chi connectivity index (χ4n) is 2.88. The molecule has 4 nitrogen and oxygen atoms in total. The van der Waals surface area contributed by atoms with Crippen LogP contribution >= 0.6 is 23.1 Å². The summed E-state index contributed by atoms with van der Waals surface area (Å²) >= 11 is 2.89. The highest BCUT2D eigenvalue weighted by Gasteiger charge is 2.42. The molecule has 1 fully saturated rings. The van der Waals surface area contributed by atoms with Gasteiger partial charge in [-0.1, -0.05) is 31.0 Å². The molecular weight excluding hydrogens is 342 g/mol. The van der Waals surface area contributed by atoms with Crippen molar-refractivity contribution >= 4 is 40.0 Å². The van der Waals surface area contributed by atoms with Crippen LogP contribution in [0.5, 0.6) is 0 Å². The molecule has 0 unspecified atom stereocenters. The number of carbonyl (C=O) groups excluding carboxylic acids is 2. The minimum absolute atomic E-state index is 0.0205. The van der Waals surface area contributed by atoms with Crippen molar-refractivity contribution in [3.8, 4) is 0 Å². The van der Waals surface area contributed by atoms with Crippen LogP contribution in [0, 0.1) is 0 Å². The molecule has 0 saturated heterocycles. The molecule has 1 aromatic carbocycles. The number of amides is 1. The van der Waals surface area contributed by atoms with Crippen LogP contribution < -0.4 is 5.32 Å². The second kappa shape index (κ2) is 7.40. The van der Waals surface area contributed by atoms with Crippen molar-refractivity contribution < 1.29 is 14.3 Å². The number of nitrogens with one attached hydrogen (secondary N) is 1. The van der Waals surface area contributed by atoms with Crippen LogP contribution in [0.15, 0.2) is 47.4 Å². The second-order valence-electron chi connectivity index (χ2n) is 5.73. The maximum absolute atomic E-state index is 12.9. The highest BCUT2D eigenvalue weighted by atomic mass is 32.2. The SMILES string of the molecule is COC(=O)c1ccc(NC(=O)C2(Sc3ccccc3)CCCC2)s1. The third-order valence-corrected chi connectivity index (χ3v) is 6.58. The summed E-state index contributed by atoms with van der Waals surface area (Å²) in [5.41, 5.74) is 0. The standard InChI is InChI=1S/C18H19NO3S2/c1-22-16(20)14-9-10-15(23-14)19-17(21)18(11-5-6-12-18)24-13-7-3-2-4-8-13/h2-4,7-10H,5-6,11-12H2,1H3,(H,19,21). The predicted octanol–water partition coefficient (Wildman–Crippen LogP) is 4.58. The molecule has 0 bridgehead atoms. The van der Waals surface area contributed by atoms with Crippen LogP contribution in [0.1, 0.15) is 35.4 Å². The highest BCUT2D eigenvalue weighted by Crippen LogP contribution is 2.46. The lowest BCUT2D eigenvalue weighted by atomic mass is 10.1. The number of rotatable bonds is 5. The van der Waals surface area contributed by atoms with Gasteiger partial charge in [-0.15, -0.1) is 23.1 Å². The summed E-state index contributed by atoms with van der Waals surface area (Å²) in [6.45, 7) is 0. The first-order valence-corrected chi connectivity index (χ1v) is 9.50. The van der Waals surface area contributed by atoms with Gasteiger partial charge in [0.05, 0.1) is 16.9 Å². The van der Waals surface area contributed by atoms with Crippen LogP contribution in [0.3, 0.4) is 0 Å². The van der Waals surface area contributed by atoms with Gasteiger partial charge in [0.2, 0.25) is 5.91 Å². The van der Waals surface area contributed by atoms with Crippen molar-refractivity contribution in [1.29, 1.82) is 0 Å². The predicted molar refractivity (Wildman–Crippen MR) is 97.8 cm³/mol. The minimum atomic E-state index is -0.434. The average molecular weight is 361 g/mol. The molecule has 1 aliphatic carbocycles. The summed E-state index contributed by atoms with van der Waals surface area (Å²) in [6.07, 6.45) is 3.86. The van der Waals surface area contributed by atoms with E-state index in [0.717, 1.165) is 30.6 Å². The van der Waals surface area contributed by atoms with Gasteiger partial charge in [0, 0.05) is 4.90 Å². The van der Waals surface area contributed by atoms with Gasteiger partial charge in [0.25, 0.3) is 0 Å². The number of benzene rings is 1. The van der Waals surface area contributed by atoms with E-state index in [-0.39, 0.29) is 11.9 Å². The molecule has 0 atom stereocenters. The molecule has 1 N–H and O–H groups in total. The third kappa shape index (κ3) is 3.65. The van der Waals surface area contributed by atoms with E-state index in [9.17, 15) is 9.59 Å². The molecule has 24 heavy (non-hydrogen) atoms. The van der Waals surface area contributed by atoms with Gasteiger partial charge < -0.3 is 10.1 Å². The summed E-state index contributed by atoms with van der Waals surface area (Å²) in [6, 6.07) is 13.5. The van der Waals surface area contributed by atoms with Crippen molar-refractivity contribution in [1.82, 2.24) is 0 Å². The van der Waals surface area contributed by atoms with Crippen molar-refractivity contribution in [3.63, 3.8) is 0 Å². The van der Waals surface area contributed by atoms with E-state index in [0.29, 0.717) is 9.88 Å². The normalized spacial score (nSPS) is 15.9. The fourth-order valence-corrected chi connectivity index (χ4v) is 5.08. The lowest BCUT2D eigenvalue weighted by Gasteiger charge is -2.26. The van der Waals surface area contributed by atoms with Crippen molar-refractivity contribution in [2.75, 3.05) is 12.4 Å². The Morgan fingerprint density at radius 2 is 1.83 bits per heavy atom. The van der Waals surface area contributed by atoms with Gasteiger partial charge in [-0.05, 0) is 37.1 Å². The molecule has 1 heterocycles. The molecule has 6 heteroatoms. The summed E-state index contributed by atoms with van der Waals surface area (Å²) in [4.78, 5) is 26.1. The van der Waals surface area contributed by atoms with E-state index < -0.39 is 4.75 Å². The molecular formula is C18H19NO3S2. The summed E-state index contributed by atoms with van der Waals surface area (Å²) < 4.78 is 4.27. The quantitative estimate of drug-likeness (QED) is 0.792. The summed E-state index contributed by atoms with van der Waals surface area (Å²) in [7, 11) is 1.35. The number of hydrogen-bond donors (Lipinski definition) is 1. The molecule has 1 saturated carbocycles. The zero-order valence-corrected chi connectivity index (χ0v) is 15.0. The monoisotopic (exact) mass is 361 g/mol. The largest absolute Gasteiger partial charge is 0.465 e.